The molecule has 54 valence electrons. The number of carbonyl (C=O) groups is 1. The summed E-state index contributed by atoms with van der Waals surface area (Å²) in [5.41, 5.74) is 5.41. The number of Topliss-reactive ketones (excluding diaryl/α,β-unsaturated/α-hetero) is 1. The SMILES string of the molecule is CNNCC(=O)C(C)C. The summed E-state index contributed by atoms with van der Waals surface area (Å²) in [6.07, 6.45) is 0. The molecule has 3 heteroatoms. The molecule has 0 aromatic heterocycles. The van der Waals surface area contributed by atoms with E-state index in [2.05, 4.69) is 10.9 Å². The lowest BCUT2D eigenvalue weighted by Gasteiger charge is -2.03. The Morgan fingerprint density at radius 2 is 2.11 bits per heavy atom. The minimum absolute atomic E-state index is 0.130. The largest absolute Gasteiger partial charge is 0.298 e. The highest BCUT2D eigenvalue weighted by Gasteiger charge is 2.04. The molecule has 2 N–H and O–H groups in total. The lowest BCUT2D eigenvalue weighted by Crippen LogP contribution is -2.34. The molecule has 0 radical (unpaired) electrons. The minimum atomic E-state index is 0.130. The van der Waals surface area contributed by atoms with Gasteiger partial charge in [0.1, 0.15) is 0 Å². The van der Waals surface area contributed by atoms with E-state index < -0.39 is 0 Å². The van der Waals surface area contributed by atoms with Crippen LogP contribution in [0, 0.1) is 5.92 Å². The van der Waals surface area contributed by atoms with Gasteiger partial charge in [0.25, 0.3) is 0 Å². The summed E-state index contributed by atoms with van der Waals surface area (Å²) in [4.78, 5) is 10.8. The molecule has 0 rings (SSSR count). The molecule has 0 fully saturated rings. The number of ketones is 1. The molecular weight excluding hydrogens is 116 g/mol. The predicted molar refractivity (Wildman–Crippen MR) is 36.9 cm³/mol. The Morgan fingerprint density at radius 1 is 1.56 bits per heavy atom. The molecule has 3 nitrogen and oxygen atoms in total. The zero-order valence-electron chi connectivity index (χ0n) is 6.19. The summed E-state index contributed by atoms with van der Waals surface area (Å²) < 4.78 is 0. The number of carbonyl (C=O) groups excluding carboxylic acids is 1. The van der Waals surface area contributed by atoms with Crippen LogP contribution in [-0.2, 0) is 4.79 Å². The van der Waals surface area contributed by atoms with Gasteiger partial charge in [-0.3, -0.25) is 15.6 Å². The van der Waals surface area contributed by atoms with E-state index >= 15 is 0 Å². The van der Waals surface area contributed by atoms with E-state index in [1.165, 1.54) is 0 Å². The van der Waals surface area contributed by atoms with E-state index in [1.54, 1.807) is 7.05 Å². The summed E-state index contributed by atoms with van der Waals surface area (Å²) in [5.74, 6) is 0.357. The normalized spacial score (nSPS) is 10.2. The van der Waals surface area contributed by atoms with Gasteiger partial charge in [-0.15, -0.1) is 0 Å². The fourth-order valence-electron chi connectivity index (χ4n) is 0.380. The summed E-state index contributed by atoms with van der Waals surface area (Å²) in [6, 6.07) is 0. The monoisotopic (exact) mass is 130 g/mol. The number of hydrogen-bond acceptors (Lipinski definition) is 3. The van der Waals surface area contributed by atoms with Gasteiger partial charge in [-0.2, -0.15) is 0 Å². The minimum Gasteiger partial charge on any atom is -0.298 e. The van der Waals surface area contributed by atoms with Crippen LogP contribution in [0.3, 0.4) is 0 Å². The first kappa shape index (κ1) is 8.59. The summed E-state index contributed by atoms with van der Waals surface area (Å²) in [5, 5.41) is 0. The van der Waals surface area contributed by atoms with Gasteiger partial charge >= 0.3 is 0 Å². The molecule has 0 aliphatic carbocycles. The predicted octanol–water partition coefficient (Wildman–Crippen LogP) is -0.0645. The number of hydrazine groups is 1. The molecule has 0 amide bonds. The Balaban J connectivity index is 3.28. The van der Waals surface area contributed by atoms with E-state index in [0.717, 1.165) is 0 Å². The van der Waals surface area contributed by atoms with Crippen molar-refractivity contribution >= 4 is 5.78 Å². The summed E-state index contributed by atoms with van der Waals surface area (Å²) in [6.45, 7) is 4.19. The van der Waals surface area contributed by atoms with Crippen molar-refractivity contribution in [3.05, 3.63) is 0 Å². The number of rotatable bonds is 4. The third-order valence-corrected chi connectivity index (χ3v) is 1.08. The molecule has 9 heavy (non-hydrogen) atoms. The van der Waals surface area contributed by atoms with Crippen molar-refractivity contribution in [2.75, 3.05) is 13.6 Å². The third-order valence-electron chi connectivity index (χ3n) is 1.08. The van der Waals surface area contributed by atoms with Crippen LogP contribution in [0.5, 0.6) is 0 Å². The van der Waals surface area contributed by atoms with E-state index in [9.17, 15) is 4.79 Å². The molecule has 0 saturated carbocycles. The van der Waals surface area contributed by atoms with Crippen LogP contribution in [0.25, 0.3) is 0 Å². The Bertz CT molecular complexity index is 91.1. The van der Waals surface area contributed by atoms with Crippen molar-refractivity contribution in [2.45, 2.75) is 13.8 Å². The maximum Gasteiger partial charge on any atom is 0.150 e. The van der Waals surface area contributed by atoms with Crippen molar-refractivity contribution in [1.82, 2.24) is 10.9 Å². The van der Waals surface area contributed by atoms with Gasteiger partial charge in [0.2, 0.25) is 0 Å². The van der Waals surface area contributed by atoms with E-state index in [0.29, 0.717) is 6.54 Å². The van der Waals surface area contributed by atoms with Gasteiger partial charge in [-0.25, -0.2) is 0 Å². The highest BCUT2D eigenvalue weighted by molar-refractivity contribution is 5.82. The molecule has 0 saturated heterocycles. The topological polar surface area (TPSA) is 41.1 Å². The Morgan fingerprint density at radius 3 is 2.44 bits per heavy atom. The van der Waals surface area contributed by atoms with Gasteiger partial charge in [0.05, 0.1) is 6.54 Å². The Kier molecular flexibility index (Phi) is 4.26. The average molecular weight is 130 g/mol. The first-order valence-corrected chi connectivity index (χ1v) is 3.10. The fraction of sp³-hybridized carbons (Fsp3) is 0.833. The first-order valence-electron chi connectivity index (χ1n) is 3.10. The lowest BCUT2D eigenvalue weighted by atomic mass is 10.1. The molecule has 0 spiro atoms. The highest BCUT2D eigenvalue weighted by atomic mass is 16.1. The summed E-state index contributed by atoms with van der Waals surface area (Å²) >= 11 is 0. The van der Waals surface area contributed by atoms with Crippen LogP contribution in [-0.4, -0.2) is 19.4 Å². The van der Waals surface area contributed by atoms with Crippen LogP contribution >= 0.6 is 0 Å². The van der Waals surface area contributed by atoms with Gasteiger partial charge in [0, 0.05) is 5.92 Å². The average Bonchev–Trinajstić information content (AvgIpc) is 1.82. The zero-order chi connectivity index (χ0) is 7.28. The van der Waals surface area contributed by atoms with E-state index in [1.807, 2.05) is 13.8 Å². The van der Waals surface area contributed by atoms with Crippen LogP contribution in [0.1, 0.15) is 13.8 Å². The number of hydrogen-bond donors (Lipinski definition) is 2. The van der Waals surface area contributed by atoms with E-state index in [4.69, 9.17) is 0 Å². The molecule has 0 aliphatic rings. The maximum absolute atomic E-state index is 10.8. The molecule has 0 heterocycles. The molecule has 0 aromatic rings. The molecule has 0 aliphatic heterocycles. The van der Waals surface area contributed by atoms with Crippen molar-refractivity contribution in [3.8, 4) is 0 Å². The number of nitrogens with one attached hydrogen (secondary N) is 2. The summed E-state index contributed by atoms with van der Waals surface area (Å²) in [7, 11) is 1.74. The lowest BCUT2D eigenvalue weighted by molar-refractivity contribution is -0.121. The molecule has 0 aromatic carbocycles. The van der Waals surface area contributed by atoms with Gasteiger partial charge in [-0.05, 0) is 7.05 Å². The fourth-order valence-corrected chi connectivity index (χ4v) is 0.380. The second-order valence-corrected chi connectivity index (χ2v) is 2.22. The molecular formula is C6H14N2O. The third kappa shape index (κ3) is 4.12. The van der Waals surface area contributed by atoms with Crippen LogP contribution in [0.4, 0.5) is 0 Å². The zero-order valence-corrected chi connectivity index (χ0v) is 6.19. The van der Waals surface area contributed by atoms with Crippen molar-refractivity contribution in [2.24, 2.45) is 5.92 Å². The maximum atomic E-state index is 10.8. The quantitative estimate of drug-likeness (QED) is 0.524. The molecule has 0 unspecified atom stereocenters. The Hall–Kier alpha value is -0.410. The van der Waals surface area contributed by atoms with Crippen LogP contribution in [0.2, 0.25) is 0 Å². The first-order chi connectivity index (χ1) is 4.18. The van der Waals surface area contributed by atoms with Crippen LogP contribution in [0.15, 0.2) is 0 Å². The van der Waals surface area contributed by atoms with Crippen LogP contribution < -0.4 is 10.9 Å². The smallest absolute Gasteiger partial charge is 0.150 e. The second-order valence-electron chi connectivity index (χ2n) is 2.22. The molecule has 0 atom stereocenters. The van der Waals surface area contributed by atoms with Gasteiger partial charge in [-0.1, -0.05) is 13.8 Å². The Labute approximate surface area is 55.8 Å². The second kappa shape index (κ2) is 4.47. The standard InChI is InChI=1S/C6H14N2O/c1-5(2)6(9)4-8-7-3/h5,7-8H,4H2,1-3H3. The van der Waals surface area contributed by atoms with Gasteiger partial charge in [0.15, 0.2) is 5.78 Å². The van der Waals surface area contributed by atoms with E-state index in [-0.39, 0.29) is 11.7 Å². The van der Waals surface area contributed by atoms with Crippen molar-refractivity contribution in [3.63, 3.8) is 0 Å². The van der Waals surface area contributed by atoms with Gasteiger partial charge < -0.3 is 0 Å². The van der Waals surface area contributed by atoms with Crippen molar-refractivity contribution in [1.29, 1.82) is 0 Å². The highest BCUT2D eigenvalue weighted by Crippen LogP contribution is 1.90. The molecule has 0 bridgehead atoms. The van der Waals surface area contributed by atoms with Crippen molar-refractivity contribution < 1.29 is 4.79 Å².